The van der Waals surface area contributed by atoms with E-state index in [0.717, 1.165) is 0 Å². The fraction of sp³-hybridized carbons (Fsp3) is 0.533. The van der Waals surface area contributed by atoms with Crippen LogP contribution < -0.4 is 4.90 Å². The first kappa shape index (κ1) is 18.2. The number of hydrogen-bond acceptors (Lipinski definition) is 4. The van der Waals surface area contributed by atoms with Crippen molar-refractivity contribution in [3.8, 4) is 0 Å². The van der Waals surface area contributed by atoms with Crippen LogP contribution in [0.1, 0.15) is 6.42 Å². The number of benzene rings is 1. The second-order valence-electron chi connectivity index (χ2n) is 5.82. The maximum atomic E-state index is 12.6. The van der Waals surface area contributed by atoms with Crippen molar-refractivity contribution in [1.29, 1.82) is 0 Å². The van der Waals surface area contributed by atoms with Crippen molar-refractivity contribution in [3.05, 3.63) is 29.3 Å². The molecule has 128 valence electrons. The number of rotatable bonds is 6. The first-order chi connectivity index (χ1) is 10.7. The SMILES string of the molecule is CN(CCS(=O)(=O)N(C)C)C1CCN(c2ccccc2Cl)C1=O. The highest BCUT2D eigenvalue weighted by Crippen LogP contribution is 2.30. The molecule has 8 heteroatoms. The Hall–Kier alpha value is -1.15. The maximum Gasteiger partial charge on any atom is 0.244 e. The average Bonchev–Trinajstić information content (AvgIpc) is 2.87. The Bertz CT molecular complexity index is 678. The van der Waals surface area contributed by atoms with Crippen molar-refractivity contribution < 1.29 is 13.2 Å². The van der Waals surface area contributed by atoms with Crippen molar-refractivity contribution in [2.75, 3.05) is 44.9 Å². The highest BCUT2D eigenvalue weighted by molar-refractivity contribution is 7.89. The lowest BCUT2D eigenvalue weighted by Crippen LogP contribution is -2.42. The Morgan fingerprint density at radius 2 is 1.91 bits per heavy atom. The fourth-order valence-corrected chi connectivity index (χ4v) is 3.70. The van der Waals surface area contributed by atoms with Crippen LogP contribution in [0.25, 0.3) is 0 Å². The number of para-hydroxylation sites is 1. The number of amides is 1. The highest BCUT2D eigenvalue weighted by atomic mass is 35.5. The first-order valence-corrected chi connectivity index (χ1v) is 9.39. The van der Waals surface area contributed by atoms with Crippen molar-refractivity contribution in [2.45, 2.75) is 12.5 Å². The van der Waals surface area contributed by atoms with Crippen LogP contribution in [-0.2, 0) is 14.8 Å². The van der Waals surface area contributed by atoms with E-state index in [4.69, 9.17) is 11.6 Å². The molecule has 1 aromatic rings. The molecular weight excluding hydrogens is 338 g/mol. The van der Waals surface area contributed by atoms with Gasteiger partial charge in [-0.25, -0.2) is 12.7 Å². The van der Waals surface area contributed by atoms with Gasteiger partial charge in [0.1, 0.15) is 0 Å². The lowest BCUT2D eigenvalue weighted by Gasteiger charge is -2.24. The molecule has 0 aliphatic carbocycles. The standard InChI is InChI=1S/C15H22ClN3O3S/c1-17(2)23(21,22)11-10-18(3)14-8-9-19(15(14)20)13-7-5-4-6-12(13)16/h4-7,14H,8-11H2,1-3H3. The molecule has 1 fully saturated rings. The molecule has 0 aromatic heterocycles. The van der Waals surface area contributed by atoms with Gasteiger partial charge in [0.15, 0.2) is 0 Å². The molecule has 0 spiro atoms. The molecule has 1 aliphatic heterocycles. The van der Waals surface area contributed by atoms with E-state index in [-0.39, 0.29) is 17.7 Å². The van der Waals surface area contributed by atoms with Gasteiger partial charge in [-0.15, -0.1) is 0 Å². The summed E-state index contributed by atoms with van der Waals surface area (Å²) in [6.07, 6.45) is 0.655. The number of likely N-dealkylation sites (N-methyl/N-ethyl adjacent to an activating group) is 1. The van der Waals surface area contributed by atoms with Gasteiger partial charge in [-0.3, -0.25) is 9.69 Å². The largest absolute Gasteiger partial charge is 0.310 e. The van der Waals surface area contributed by atoms with Gasteiger partial charge >= 0.3 is 0 Å². The van der Waals surface area contributed by atoms with Crippen molar-refractivity contribution in [1.82, 2.24) is 9.21 Å². The van der Waals surface area contributed by atoms with Crippen LogP contribution in [0.5, 0.6) is 0 Å². The summed E-state index contributed by atoms with van der Waals surface area (Å²) in [4.78, 5) is 16.1. The highest BCUT2D eigenvalue weighted by Gasteiger charge is 2.36. The Morgan fingerprint density at radius 1 is 1.26 bits per heavy atom. The lowest BCUT2D eigenvalue weighted by molar-refractivity contribution is -0.121. The normalized spacial score (nSPS) is 19.1. The molecule has 1 atom stereocenters. The van der Waals surface area contributed by atoms with Crippen LogP contribution in [0.15, 0.2) is 24.3 Å². The molecule has 0 bridgehead atoms. The number of sulfonamides is 1. The number of carbonyl (C=O) groups is 1. The molecule has 6 nitrogen and oxygen atoms in total. The number of halogens is 1. The van der Waals surface area contributed by atoms with E-state index >= 15 is 0 Å². The van der Waals surface area contributed by atoms with Crippen molar-refractivity contribution >= 4 is 33.2 Å². The summed E-state index contributed by atoms with van der Waals surface area (Å²) >= 11 is 6.16. The van der Waals surface area contributed by atoms with Crippen LogP contribution in [0.2, 0.25) is 5.02 Å². The summed E-state index contributed by atoms with van der Waals surface area (Å²) in [6.45, 7) is 0.894. The number of carbonyl (C=O) groups excluding carboxylic acids is 1. The van der Waals surface area contributed by atoms with E-state index < -0.39 is 10.0 Å². The summed E-state index contributed by atoms with van der Waals surface area (Å²) < 4.78 is 24.9. The molecule has 23 heavy (non-hydrogen) atoms. The second-order valence-corrected chi connectivity index (χ2v) is 8.53. The minimum Gasteiger partial charge on any atom is -0.310 e. The molecule has 0 radical (unpaired) electrons. The van der Waals surface area contributed by atoms with E-state index in [2.05, 4.69) is 0 Å². The zero-order valence-electron chi connectivity index (χ0n) is 13.6. The molecular formula is C15H22ClN3O3S. The monoisotopic (exact) mass is 359 g/mol. The number of anilines is 1. The van der Waals surface area contributed by atoms with Gasteiger partial charge in [-0.05, 0) is 25.6 Å². The van der Waals surface area contributed by atoms with Crippen LogP contribution in [0.4, 0.5) is 5.69 Å². The molecule has 1 heterocycles. The lowest BCUT2D eigenvalue weighted by atomic mass is 10.2. The van der Waals surface area contributed by atoms with Crippen LogP contribution >= 0.6 is 11.6 Å². The van der Waals surface area contributed by atoms with E-state index in [0.29, 0.717) is 30.2 Å². The van der Waals surface area contributed by atoms with Gasteiger partial charge in [0.2, 0.25) is 15.9 Å². The van der Waals surface area contributed by atoms with Gasteiger partial charge in [0.05, 0.1) is 22.5 Å². The van der Waals surface area contributed by atoms with Crippen molar-refractivity contribution in [2.24, 2.45) is 0 Å². The van der Waals surface area contributed by atoms with Crippen LogP contribution in [0.3, 0.4) is 0 Å². The summed E-state index contributed by atoms with van der Waals surface area (Å²) in [7, 11) is 1.53. The molecule has 2 rings (SSSR count). The molecule has 0 saturated carbocycles. The molecule has 0 N–H and O–H groups in total. The number of hydrogen-bond donors (Lipinski definition) is 0. The molecule has 1 saturated heterocycles. The summed E-state index contributed by atoms with van der Waals surface area (Å²) in [5.74, 6) is -0.0466. The van der Waals surface area contributed by atoms with E-state index in [1.54, 1.807) is 22.9 Å². The van der Waals surface area contributed by atoms with E-state index in [1.165, 1.54) is 18.4 Å². The minimum absolute atomic E-state index is 0.00757. The predicted molar refractivity (Wildman–Crippen MR) is 92.3 cm³/mol. The number of nitrogens with zero attached hydrogens (tertiary/aromatic N) is 3. The Morgan fingerprint density at radius 3 is 2.52 bits per heavy atom. The summed E-state index contributed by atoms with van der Waals surface area (Å²) in [5.41, 5.74) is 0.705. The van der Waals surface area contributed by atoms with Gasteiger partial charge in [-0.2, -0.15) is 0 Å². The fourth-order valence-electron chi connectivity index (χ4n) is 2.58. The Kier molecular flexibility index (Phi) is 5.67. The van der Waals surface area contributed by atoms with Crippen molar-refractivity contribution in [3.63, 3.8) is 0 Å². The zero-order valence-corrected chi connectivity index (χ0v) is 15.1. The van der Waals surface area contributed by atoms with Gasteiger partial charge < -0.3 is 4.90 Å². The summed E-state index contributed by atoms with van der Waals surface area (Å²) in [6, 6.07) is 6.92. The third-order valence-corrected chi connectivity index (χ3v) is 6.24. The van der Waals surface area contributed by atoms with Crippen LogP contribution in [0, 0.1) is 0 Å². The second kappa shape index (κ2) is 7.17. The van der Waals surface area contributed by atoms with Gasteiger partial charge in [0.25, 0.3) is 0 Å². The third-order valence-electron chi connectivity index (χ3n) is 4.11. The van der Waals surface area contributed by atoms with E-state index in [9.17, 15) is 13.2 Å². The molecule has 1 aliphatic rings. The zero-order chi connectivity index (χ0) is 17.2. The molecule has 1 unspecified atom stereocenters. The van der Waals surface area contributed by atoms with Gasteiger partial charge in [0, 0.05) is 27.2 Å². The van der Waals surface area contributed by atoms with E-state index in [1.807, 2.05) is 18.2 Å². The Labute approximate surface area is 142 Å². The average molecular weight is 360 g/mol. The molecule has 1 amide bonds. The predicted octanol–water partition coefficient (Wildman–Crippen LogP) is 1.27. The topological polar surface area (TPSA) is 60.9 Å². The Balaban J connectivity index is 2.03. The quantitative estimate of drug-likeness (QED) is 0.767. The maximum absolute atomic E-state index is 12.6. The molecule has 1 aromatic carbocycles. The third kappa shape index (κ3) is 4.03. The van der Waals surface area contributed by atoms with Crippen LogP contribution in [-0.4, -0.2) is 69.6 Å². The summed E-state index contributed by atoms with van der Waals surface area (Å²) in [5, 5.41) is 0.541. The van der Waals surface area contributed by atoms with Gasteiger partial charge in [-0.1, -0.05) is 23.7 Å². The smallest absolute Gasteiger partial charge is 0.244 e. The minimum atomic E-state index is -3.27. The first-order valence-electron chi connectivity index (χ1n) is 7.40.